The number of nitrogens with one attached hydrogen (secondary N) is 2. The molecule has 1 aliphatic heterocycles. The molecule has 2 aliphatic rings. The van der Waals surface area contributed by atoms with Crippen molar-refractivity contribution in [3.8, 4) is 5.75 Å². The van der Waals surface area contributed by atoms with Crippen LogP contribution in [0.1, 0.15) is 37.0 Å². The Morgan fingerprint density at radius 2 is 2.07 bits per heavy atom. The first kappa shape index (κ1) is 20.6. The second-order valence-electron chi connectivity index (χ2n) is 8.03. The van der Waals surface area contributed by atoms with E-state index in [1.54, 1.807) is 37.3 Å². The van der Waals surface area contributed by atoms with Gasteiger partial charge in [0, 0.05) is 44.9 Å². The van der Waals surface area contributed by atoms with Crippen molar-refractivity contribution >= 4 is 17.5 Å². The van der Waals surface area contributed by atoms with Crippen molar-refractivity contribution in [3.63, 3.8) is 0 Å². The molecule has 1 fully saturated rings. The molecule has 1 aromatic carbocycles. The number of amides is 2. The lowest BCUT2D eigenvalue weighted by Crippen LogP contribution is -2.44. The molecule has 28 heavy (non-hydrogen) atoms. The predicted molar refractivity (Wildman–Crippen MR) is 108 cm³/mol. The number of ether oxygens (including phenoxy) is 2. The van der Waals surface area contributed by atoms with Crippen molar-refractivity contribution in [3.05, 3.63) is 23.8 Å². The molecule has 1 aromatic rings. The summed E-state index contributed by atoms with van der Waals surface area (Å²) >= 11 is 0. The van der Waals surface area contributed by atoms with Gasteiger partial charge in [-0.2, -0.15) is 0 Å². The zero-order valence-corrected chi connectivity index (χ0v) is 17.2. The van der Waals surface area contributed by atoms with Crippen LogP contribution in [0.15, 0.2) is 18.2 Å². The number of rotatable bonds is 3. The molecule has 1 aliphatic carbocycles. The van der Waals surface area contributed by atoms with Gasteiger partial charge in [-0.1, -0.05) is 6.92 Å². The summed E-state index contributed by atoms with van der Waals surface area (Å²) < 4.78 is 11.6. The number of fused-ring (bicyclic) bond motifs is 1. The van der Waals surface area contributed by atoms with Crippen LogP contribution < -0.4 is 15.4 Å². The zero-order valence-electron chi connectivity index (χ0n) is 17.2. The first-order chi connectivity index (χ1) is 13.4. The van der Waals surface area contributed by atoms with Gasteiger partial charge in [0.05, 0.1) is 11.7 Å². The van der Waals surface area contributed by atoms with Crippen LogP contribution in [0, 0.1) is 11.8 Å². The average Bonchev–Trinajstić information content (AvgIpc) is 3.53. The number of nitrogens with zero attached hydrogens (tertiary/aromatic N) is 1. The van der Waals surface area contributed by atoms with E-state index < -0.39 is 0 Å². The first-order valence-electron chi connectivity index (χ1n) is 9.98. The molecular formula is C21H31N3O4. The molecule has 0 unspecified atom stereocenters. The van der Waals surface area contributed by atoms with Crippen molar-refractivity contribution in [2.24, 2.45) is 11.8 Å². The van der Waals surface area contributed by atoms with E-state index in [9.17, 15) is 9.59 Å². The summed E-state index contributed by atoms with van der Waals surface area (Å²) in [7, 11) is 3.44. The van der Waals surface area contributed by atoms with Crippen molar-refractivity contribution in [2.45, 2.75) is 38.8 Å². The number of benzene rings is 1. The highest BCUT2D eigenvalue weighted by Crippen LogP contribution is 2.31. The fourth-order valence-corrected chi connectivity index (χ4v) is 3.33. The smallest absolute Gasteiger partial charge is 0.257 e. The summed E-state index contributed by atoms with van der Waals surface area (Å²) in [5.41, 5.74) is 1.07. The van der Waals surface area contributed by atoms with Crippen LogP contribution >= 0.6 is 0 Å². The van der Waals surface area contributed by atoms with E-state index in [1.807, 2.05) is 0 Å². The van der Waals surface area contributed by atoms with Crippen LogP contribution in [0.5, 0.6) is 5.75 Å². The lowest BCUT2D eigenvalue weighted by molar-refractivity contribution is -0.117. The number of anilines is 1. The predicted octanol–water partition coefficient (Wildman–Crippen LogP) is 2.13. The van der Waals surface area contributed by atoms with E-state index in [-0.39, 0.29) is 35.8 Å². The quantitative estimate of drug-likeness (QED) is 0.828. The lowest BCUT2D eigenvalue weighted by atomic mass is 10.0. The summed E-state index contributed by atoms with van der Waals surface area (Å²) in [4.78, 5) is 26.9. The topological polar surface area (TPSA) is 79.9 Å². The fourth-order valence-electron chi connectivity index (χ4n) is 3.33. The van der Waals surface area contributed by atoms with Crippen LogP contribution in [0.3, 0.4) is 0 Å². The molecule has 1 saturated carbocycles. The summed E-state index contributed by atoms with van der Waals surface area (Å²) in [6, 6.07) is 5.40. The van der Waals surface area contributed by atoms with Crippen molar-refractivity contribution in [1.82, 2.24) is 10.2 Å². The van der Waals surface area contributed by atoms with Gasteiger partial charge in [-0.25, -0.2) is 0 Å². The molecule has 0 saturated heterocycles. The largest absolute Gasteiger partial charge is 0.491 e. The number of likely N-dealkylation sites (N-methyl/N-ethyl adjacent to an activating group) is 1. The number of methoxy groups -OCH3 is 1. The Balaban J connectivity index is 1.87. The molecule has 0 bridgehead atoms. The monoisotopic (exact) mass is 389 g/mol. The van der Waals surface area contributed by atoms with Gasteiger partial charge in [-0.05, 0) is 43.9 Å². The minimum atomic E-state index is -0.145. The Hall–Kier alpha value is -2.12. The molecule has 1 heterocycles. The molecule has 2 amide bonds. The minimum absolute atomic E-state index is 0.0147. The fraction of sp³-hybridized carbons (Fsp3) is 0.619. The molecule has 154 valence electrons. The maximum Gasteiger partial charge on any atom is 0.257 e. The van der Waals surface area contributed by atoms with Crippen molar-refractivity contribution < 1.29 is 19.1 Å². The van der Waals surface area contributed by atoms with Gasteiger partial charge in [0.2, 0.25) is 5.91 Å². The van der Waals surface area contributed by atoms with Crippen LogP contribution in [0.25, 0.3) is 0 Å². The number of hydrogen-bond donors (Lipinski definition) is 2. The Kier molecular flexibility index (Phi) is 6.57. The Labute approximate surface area is 166 Å². The van der Waals surface area contributed by atoms with Gasteiger partial charge in [0.25, 0.3) is 5.91 Å². The van der Waals surface area contributed by atoms with Gasteiger partial charge in [0.1, 0.15) is 12.4 Å². The Bertz CT molecular complexity index is 720. The van der Waals surface area contributed by atoms with Gasteiger partial charge < -0.3 is 25.0 Å². The van der Waals surface area contributed by atoms with E-state index in [0.29, 0.717) is 30.2 Å². The highest BCUT2D eigenvalue weighted by molar-refractivity contribution is 6.00. The number of carbonyl (C=O) groups excluding carboxylic acids is 2. The van der Waals surface area contributed by atoms with Gasteiger partial charge in [-0.3, -0.25) is 9.59 Å². The first-order valence-corrected chi connectivity index (χ1v) is 9.98. The normalized spacial score (nSPS) is 26.5. The molecule has 7 heteroatoms. The maximum absolute atomic E-state index is 13.1. The number of hydrogen-bond acceptors (Lipinski definition) is 5. The molecule has 0 radical (unpaired) electrons. The lowest BCUT2D eigenvalue weighted by Gasteiger charge is -2.30. The van der Waals surface area contributed by atoms with E-state index in [4.69, 9.17) is 9.47 Å². The molecular weight excluding hydrogens is 358 g/mol. The second-order valence-corrected chi connectivity index (χ2v) is 8.03. The van der Waals surface area contributed by atoms with Crippen molar-refractivity contribution in [2.75, 3.05) is 39.2 Å². The third-order valence-electron chi connectivity index (χ3n) is 5.44. The van der Waals surface area contributed by atoms with Crippen LogP contribution in [-0.4, -0.2) is 62.7 Å². The SMILES string of the molecule is CO[C@@H]1CN(C)C(=O)c2cc(NC(=O)C3CC3)ccc2OC[C@H](C)NC[C@@H]1C. The molecule has 2 N–H and O–H groups in total. The van der Waals surface area contributed by atoms with Crippen LogP contribution in [0.4, 0.5) is 5.69 Å². The average molecular weight is 389 g/mol. The van der Waals surface area contributed by atoms with E-state index in [1.165, 1.54) is 0 Å². The summed E-state index contributed by atoms with van der Waals surface area (Å²) in [5, 5.41) is 6.37. The van der Waals surface area contributed by atoms with Crippen LogP contribution in [-0.2, 0) is 9.53 Å². The van der Waals surface area contributed by atoms with E-state index in [2.05, 4.69) is 24.5 Å². The zero-order chi connectivity index (χ0) is 20.3. The highest BCUT2D eigenvalue weighted by Gasteiger charge is 2.30. The third-order valence-corrected chi connectivity index (χ3v) is 5.44. The second kappa shape index (κ2) is 8.92. The molecule has 7 nitrogen and oxygen atoms in total. The summed E-state index contributed by atoms with van der Waals surface area (Å²) in [5.74, 6) is 0.739. The minimum Gasteiger partial charge on any atom is -0.491 e. The Morgan fingerprint density at radius 3 is 2.75 bits per heavy atom. The molecule has 0 aromatic heterocycles. The van der Waals surface area contributed by atoms with Crippen LogP contribution in [0.2, 0.25) is 0 Å². The van der Waals surface area contributed by atoms with Crippen molar-refractivity contribution in [1.29, 1.82) is 0 Å². The summed E-state index contributed by atoms with van der Waals surface area (Å²) in [6.45, 7) is 5.87. The molecule has 3 atom stereocenters. The van der Waals surface area contributed by atoms with Gasteiger partial charge >= 0.3 is 0 Å². The Morgan fingerprint density at radius 1 is 1.32 bits per heavy atom. The number of carbonyl (C=O) groups is 2. The van der Waals surface area contributed by atoms with E-state index >= 15 is 0 Å². The van der Waals surface area contributed by atoms with E-state index in [0.717, 1.165) is 19.4 Å². The third kappa shape index (κ3) is 5.02. The standard InChI is InChI=1S/C21H31N3O4/c1-13-10-22-14(2)12-28-18-8-7-16(23-20(25)15-5-6-15)9-17(18)21(26)24(3)11-19(13)27-4/h7-9,13-15,19,22H,5-6,10-12H2,1-4H3,(H,23,25)/t13-,14-,19+/m0/s1. The van der Waals surface area contributed by atoms with Gasteiger partial charge in [-0.15, -0.1) is 0 Å². The molecule has 0 spiro atoms. The maximum atomic E-state index is 13.1. The summed E-state index contributed by atoms with van der Waals surface area (Å²) in [6.07, 6.45) is 1.79. The molecule has 3 rings (SSSR count). The highest BCUT2D eigenvalue weighted by atomic mass is 16.5. The van der Waals surface area contributed by atoms with Gasteiger partial charge in [0.15, 0.2) is 0 Å².